The molecule has 0 aromatic carbocycles. The van der Waals surface area contributed by atoms with E-state index in [1.807, 2.05) is 18.2 Å². The standard InChI is InChI=1S/C15H22N2OS/c1-2-17(13-8-4-3-5-9-13)15(18)12-19-14-10-6-7-11-16-14/h6-7,10-11,13H,2-5,8-9,12H2,1H3. The van der Waals surface area contributed by atoms with Gasteiger partial charge in [0.2, 0.25) is 5.91 Å². The van der Waals surface area contributed by atoms with Gasteiger partial charge in [0.15, 0.2) is 0 Å². The van der Waals surface area contributed by atoms with Crippen molar-refractivity contribution in [1.82, 2.24) is 9.88 Å². The quantitative estimate of drug-likeness (QED) is 0.774. The van der Waals surface area contributed by atoms with Crippen molar-refractivity contribution in [2.45, 2.75) is 50.1 Å². The van der Waals surface area contributed by atoms with E-state index in [0.29, 0.717) is 11.8 Å². The molecule has 104 valence electrons. The first kappa shape index (κ1) is 14.4. The van der Waals surface area contributed by atoms with Crippen molar-refractivity contribution >= 4 is 17.7 Å². The van der Waals surface area contributed by atoms with E-state index in [1.165, 1.54) is 43.9 Å². The van der Waals surface area contributed by atoms with Crippen molar-refractivity contribution in [1.29, 1.82) is 0 Å². The van der Waals surface area contributed by atoms with E-state index in [1.54, 1.807) is 6.20 Å². The Morgan fingerprint density at radius 3 is 2.79 bits per heavy atom. The lowest BCUT2D eigenvalue weighted by Gasteiger charge is -2.33. The Morgan fingerprint density at radius 2 is 2.16 bits per heavy atom. The second kappa shape index (κ2) is 7.53. The summed E-state index contributed by atoms with van der Waals surface area (Å²) in [6, 6.07) is 6.27. The van der Waals surface area contributed by atoms with Gasteiger partial charge in [0.1, 0.15) is 0 Å². The van der Waals surface area contributed by atoms with E-state index >= 15 is 0 Å². The number of hydrogen-bond acceptors (Lipinski definition) is 3. The number of rotatable bonds is 5. The van der Waals surface area contributed by atoms with Crippen LogP contribution in [-0.4, -0.2) is 34.1 Å². The fourth-order valence-corrected chi connectivity index (χ4v) is 3.43. The van der Waals surface area contributed by atoms with Crippen LogP contribution in [0.4, 0.5) is 0 Å². The van der Waals surface area contributed by atoms with E-state index < -0.39 is 0 Å². The van der Waals surface area contributed by atoms with Gasteiger partial charge in [0.25, 0.3) is 0 Å². The van der Waals surface area contributed by atoms with E-state index in [4.69, 9.17) is 0 Å². The highest BCUT2D eigenvalue weighted by Gasteiger charge is 2.23. The second-order valence-electron chi connectivity index (χ2n) is 4.93. The van der Waals surface area contributed by atoms with Gasteiger partial charge in [-0.2, -0.15) is 0 Å². The average molecular weight is 278 g/mol. The Labute approximate surface area is 119 Å². The summed E-state index contributed by atoms with van der Waals surface area (Å²) < 4.78 is 0. The van der Waals surface area contributed by atoms with Crippen molar-refractivity contribution in [3.05, 3.63) is 24.4 Å². The number of amides is 1. The highest BCUT2D eigenvalue weighted by atomic mass is 32.2. The Morgan fingerprint density at radius 1 is 1.37 bits per heavy atom. The topological polar surface area (TPSA) is 33.2 Å². The first-order valence-corrected chi connectivity index (χ1v) is 8.13. The van der Waals surface area contributed by atoms with Crippen molar-refractivity contribution < 1.29 is 4.79 Å². The van der Waals surface area contributed by atoms with Crippen LogP contribution in [0.15, 0.2) is 29.4 Å². The number of carbonyl (C=O) groups is 1. The Bertz CT molecular complexity index is 390. The summed E-state index contributed by atoms with van der Waals surface area (Å²) in [4.78, 5) is 18.6. The normalized spacial score (nSPS) is 16.3. The molecule has 0 N–H and O–H groups in total. The predicted molar refractivity (Wildman–Crippen MR) is 79.2 cm³/mol. The van der Waals surface area contributed by atoms with Gasteiger partial charge >= 0.3 is 0 Å². The van der Waals surface area contributed by atoms with Crippen LogP contribution in [0.1, 0.15) is 39.0 Å². The van der Waals surface area contributed by atoms with Crippen LogP contribution >= 0.6 is 11.8 Å². The first-order chi connectivity index (χ1) is 9.31. The van der Waals surface area contributed by atoms with Crippen LogP contribution in [-0.2, 0) is 4.79 Å². The Hall–Kier alpha value is -1.03. The monoisotopic (exact) mass is 278 g/mol. The third-order valence-electron chi connectivity index (χ3n) is 3.66. The predicted octanol–water partition coefficient (Wildman–Crippen LogP) is 3.35. The van der Waals surface area contributed by atoms with Crippen molar-refractivity contribution in [3.63, 3.8) is 0 Å². The summed E-state index contributed by atoms with van der Waals surface area (Å²) >= 11 is 1.53. The van der Waals surface area contributed by atoms with Gasteiger partial charge in [-0.05, 0) is 31.9 Å². The molecular weight excluding hydrogens is 256 g/mol. The van der Waals surface area contributed by atoms with Crippen molar-refractivity contribution in [2.75, 3.05) is 12.3 Å². The highest BCUT2D eigenvalue weighted by molar-refractivity contribution is 7.99. The molecular formula is C15H22N2OS. The molecule has 2 rings (SSSR count). The zero-order chi connectivity index (χ0) is 13.5. The van der Waals surface area contributed by atoms with Crippen LogP contribution in [0.3, 0.4) is 0 Å². The molecule has 0 saturated heterocycles. The molecule has 1 amide bonds. The number of aromatic nitrogens is 1. The molecule has 1 aromatic rings. The van der Waals surface area contributed by atoms with Crippen LogP contribution in [0.25, 0.3) is 0 Å². The summed E-state index contributed by atoms with van der Waals surface area (Å²) in [7, 11) is 0. The van der Waals surface area contributed by atoms with Gasteiger partial charge in [0, 0.05) is 18.8 Å². The molecule has 1 aliphatic rings. The van der Waals surface area contributed by atoms with E-state index in [0.717, 1.165) is 11.6 Å². The van der Waals surface area contributed by atoms with Gasteiger partial charge in [0.05, 0.1) is 10.8 Å². The van der Waals surface area contributed by atoms with E-state index in [-0.39, 0.29) is 5.91 Å². The third-order valence-corrected chi connectivity index (χ3v) is 4.59. The molecule has 1 saturated carbocycles. The number of nitrogens with zero attached hydrogens (tertiary/aromatic N) is 2. The maximum absolute atomic E-state index is 12.3. The third kappa shape index (κ3) is 4.23. The number of carbonyl (C=O) groups excluding carboxylic acids is 1. The average Bonchev–Trinajstić information content (AvgIpc) is 2.48. The molecule has 1 aromatic heterocycles. The lowest BCUT2D eigenvalue weighted by atomic mass is 9.94. The summed E-state index contributed by atoms with van der Waals surface area (Å²) in [6.45, 7) is 2.91. The largest absolute Gasteiger partial charge is 0.339 e. The lowest BCUT2D eigenvalue weighted by molar-refractivity contribution is -0.131. The molecule has 4 heteroatoms. The smallest absolute Gasteiger partial charge is 0.233 e. The van der Waals surface area contributed by atoms with Gasteiger partial charge in [-0.15, -0.1) is 0 Å². The van der Waals surface area contributed by atoms with Crippen LogP contribution in [0, 0.1) is 0 Å². The summed E-state index contributed by atoms with van der Waals surface area (Å²) in [5.41, 5.74) is 0. The minimum atomic E-state index is 0.255. The summed E-state index contributed by atoms with van der Waals surface area (Å²) in [5, 5.41) is 0.926. The molecule has 3 nitrogen and oxygen atoms in total. The number of hydrogen-bond donors (Lipinski definition) is 0. The van der Waals surface area contributed by atoms with Crippen molar-refractivity contribution in [3.8, 4) is 0 Å². The van der Waals surface area contributed by atoms with Crippen LogP contribution < -0.4 is 0 Å². The van der Waals surface area contributed by atoms with E-state index in [9.17, 15) is 4.79 Å². The van der Waals surface area contributed by atoms with Crippen LogP contribution in [0.2, 0.25) is 0 Å². The zero-order valence-electron chi connectivity index (χ0n) is 11.5. The zero-order valence-corrected chi connectivity index (χ0v) is 12.4. The summed E-state index contributed by atoms with van der Waals surface area (Å²) in [5.74, 6) is 0.756. The number of pyridine rings is 1. The SMILES string of the molecule is CCN(C(=O)CSc1ccccn1)C1CCCCC1. The minimum absolute atomic E-state index is 0.255. The minimum Gasteiger partial charge on any atom is -0.339 e. The molecule has 19 heavy (non-hydrogen) atoms. The maximum atomic E-state index is 12.3. The summed E-state index contributed by atoms with van der Waals surface area (Å²) in [6.07, 6.45) is 7.97. The fraction of sp³-hybridized carbons (Fsp3) is 0.600. The van der Waals surface area contributed by atoms with Gasteiger partial charge < -0.3 is 4.90 Å². The number of thioether (sulfide) groups is 1. The lowest BCUT2D eigenvalue weighted by Crippen LogP contribution is -2.42. The molecule has 1 heterocycles. The molecule has 0 radical (unpaired) electrons. The van der Waals surface area contributed by atoms with Gasteiger partial charge in [-0.25, -0.2) is 4.98 Å². The molecule has 0 spiro atoms. The van der Waals surface area contributed by atoms with Crippen molar-refractivity contribution in [2.24, 2.45) is 0 Å². The first-order valence-electron chi connectivity index (χ1n) is 7.14. The van der Waals surface area contributed by atoms with Crippen LogP contribution in [0.5, 0.6) is 0 Å². The molecule has 0 atom stereocenters. The Kier molecular flexibility index (Phi) is 5.70. The molecule has 0 bridgehead atoms. The second-order valence-corrected chi connectivity index (χ2v) is 5.92. The molecule has 0 aliphatic heterocycles. The Balaban J connectivity index is 1.86. The highest BCUT2D eigenvalue weighted by Crippen LogP contribution is 2.24. The molecule has 0 unspecified atom stereocenters. The van der Waals surface area contributed by atoms with Gasteiger partial charge in [-0.3, -0.25) is 4.79 Å². The fourth-order valence-electron chi connectivity index (χ4n) is 2.68. The molecule has 1 fully saturated rings. The molecule has 1 aliphatic carbocycles. The van der Waals surface area contributed by atoms with E-state index in [2.05, 4.69) is 16.8 Å². The maximum Gasteiger partial charge on any atom is 0.233 e. The van der Waals surface area contributed by atoms with Gasteiger partial charge in [-0.1, -0.05) is 37.1 Å².